The molecule has 0 aromatic carbocycles. The maximum absolute atomic E-state index is 11.8. The molecule has 0 aliphatic carbocycles. The summed E-state index contributed by atoms with van der Waals surface area (Å²) in [4.78, 5) is 11.8. The number of hydrogen-bond acceptors (Lipinski definition) is 2. The van der Waals surface area contributed by atoms with E-state index in [1.165, 1.54) is 12.8 Å². The van der Waals surface area contributed by atoms with E-state index < -0.39 is 8.32 Å². The molecule has 0 saturated heterocycles. The normalized spacial score (nSPS) is 13.6. The van der Waals surface area contributed by atoms with Gasteiger partial charge in [-0.1, -0.05) is 46.5 Å². The van der Waals surface area contributed by atoms with Gasteiger partial charge in [-0.3, -0.25) is 4.79 Å². The summed E-state index contributed by atoms with van der Waals surface area (Å²) < 4.78 is 5.70. The quantitative estimate of drug-likeness (QED) is 0.593. The van der Waals surface area contributed by atoms with E-state index in [0.717, 1.165) is 25.3 Å². The van der Waals surface area contributed by atoms with Gasteiger partial charge in [0.2, 0.25) is 8.32 Å². The maximum Gasteiger partial charge on any atom is 0.295 e. The first-order valence-corrected chi connectivity index (χ1v) is 9.77. The summed E-state index contributed by atoms with van der Waals surface area (Å²) in [6.07, 6.45) is 5.59. The zero-order valence-corrected chi connectivity index (χ0v) is 12.6. The van der Waals surface area contributed by atoms with Crippen molar-refractivity contribution in [2.24, 2.45) is 5.92 Å². The Hall–Kier alpha value is -0.313. The van der Waals surface area contributed by atoms with Gasteiger partial charge in [-0.05, 0) is 25.6 Å². The minimum atomic E-state index is -1.74. The second-order valence-electron chi connectivity index (χ2n) is 5.33. The summed E-state index contributed by atoms with van der Waals surface area (Å²) in [5, 5.41) is 0. The zero-order valence-electron chi connectivity index (χ0n) is 11.6. The molecule has 1 atom stereocenters. The highest BCUT2D eigenvalue weighted by Crippen LogP contribution is 2.19. The van der Waals surface area contributed by atoms with Gasteiger partial charge in [0.1, 0.15) is 0 Å². The van der Waals surface area contributed by atoms with Crippen molar-refractivity contribution in [1.29, 1.82) is 0 Å². The van der Waals surface area contributed by atoms with Crippen molar-refractivity contribution in [3.8, 4) is 0 Å². The number of carbonyl (C=O) groups is 1. The van der Waals surface area contributed by atoms with Crippen molar-refractivity contribution in [1.82, 2.24) is 0 Å². The predicted molar refractivity (Wildman–Crippen MR) is 72.0 cm³/mol. The van der Waals surface area contributed by atoms with Crippen LogP contribution in [0.1, 0.15) is 52.9 Å². The van der Waals surface area contributed by atoms with Gasteiger partial charge in [0.05, 0.1) is 5.92 Å². The van der Waals surface area contributed by atoms with Gasteiger partial charge >= 0.3 is 0 Å². The molecular weight excluding hydrogens is 216 g/mol. The largest absolute Gasteiger partial charge is 0.519 e. The van der Waals surface area contributed by atoms with Crippen molar-refractivity contribution < 1.29 is 9.22 Å². The van der Waals surface area contributed by atoms with Crippen LogP contribution in [0.5, 0.6) is 0 Å². The van der Waals surface area contributed by atoms with E-state index in [1.54, 1.807) is 0 Å². The maximum atomic E-state index is 11.8. The summed E-state index contributed by atoms with van der Waals surface area (Å²) in [5.74, 6) is 0.106. The van der Waals surface area contributed by atoms with Crippen LogP contribution >= 0.6 is 0 Å². The topological polar surface area (TPSA) is 26.3 Å². The zero-order chi connectivity index (χ0) is 12.6. The Morgan fingerprint density at radius 2 is 1.75 bits per heavy atom. The smallest absolute Gasteiger partial charge is 0.295 e. The molecule has 0 N–H and O–H groups in total. The van der Waals surface area contributed by atoms with Crippen LogP contribution in [0.2, 0.25) is 19.1 Å². The second-order valence-corrected chi connectivity index (χ2v) is 9.55. The van der Waals surface area contributed by atoms with Crippen molar-refractivity contribution in [2.75, 3.05) is 0 Å². The average Bonchev–Trinajstić information content (AvgIpc) is 2.22. The van der Waals surface area contributed by atoms with Crippen LogP contribution in [0.4, 0.5) is 0 Å². The molecule has 0 aromatic rings. The molecule has 16 heavy (non-hydrogen) atoms. The Labute approximate surface area is 102 Å². The number of rotatable bonds is 8. The molecular formula is C13H28O2Si. The molecule has 0 spiro atoms. The van der Waals surface area contributed by atoms with E-state index in [2.05, 4.69) is 26.9 Å². The van der Waals surface area contributed by atoms with E-state index in [-0.39, 0.29) is 11.9 Å². The number of hydrogen-bond donors (Lipinski definition) is 0. The fraction of sp³-hybridized carbons (Fsp3) is 0.923. The van der Waals surface area contributed by atoms with Crippen LogP contribution in [-0.2, 0) is 9.22 Å². The first-order valence-electron chi connectivity index (χ1n) is 6.65. The van der Waals surface area contributed by atoms with E-state index in [4.69, 9.17) is 4.43 Å². The van der Waals surface area contributed by atoms with Crippen LogP contribution in [-0.4, -0.2) is 14.3 Å². The molecule has 0 rings (SSSR count). The molecule has 0 heterocycles. The van der Waals surface area contributed by atoms with Gasteiger partial charge in [0.15, 0.2) is 0 Å². The van der Waals surface area contributed by atoms with Gasteiger partial charge in [-0.25, -0.2) is 0 Å². The predicted octanol–water partition coefficient (Wildman–Crippen LogP) is 4.36. The Morgan fingerprint density at radius 1 is 1.19 bits per heavy atom. The van der Waals surface area contributed by atoms with Crippen LogP contribution in [0.3, 0.4) is 0 Å². The summed E-state index contributed by atoms with van der Waals surface area (Å²) in [6.45, 7) is 10.6. The highest BCUT2D eigenvalue weighted by atomic mass is 28.4. The van der Waals surface area contributed by atoms with E-state index in [9.17, 15) is 4.79 Å². The number of unbranched alkanes of at least 4 members (excludes halogenated alkanes) is 2. The monoisotopic (exact) mass is 244 g/mol. The standard InChI is InChI=1S/C13H28O2Si/c1-6-8-10-12(3)13(14)15-16(4,5)11-9-7-2/h12H,6-11H2,1-5H3. The number of carbonyl (C=O) groups excluding carboxylic acids is 1. The third kappa shape index (κ3) is 7.04. The van der Waals surface area contributed by atoms with E-state index in [0.29, 0.717) is 0 Å². The summed E-state index contributed by atoms with van der Waals surface area (Å²) in [7, 11) is -1.74. The lowest BCUT2D eigenvalue weighted by Crippen LogP contribution is -2.35. The Bertz CT molecular complexity index is 202. The van der Waals surface area contributed by atoms with Crippen LogP contribution in [0.25, 0.3) is 0 Å². The minimum Gasteiger partial charge on any atom is -0.519 e. The fourth-order valence-electron chi connectivity index (χ4n) is 1.65. The first kappa shape index (κ1) is 15.7. The highest BCUT2D eigenvalue weighted by Gasteiger charge is 2.28. The molecule has 0 amide bonds. The fourth-order valence-corrected chi connectivity index (χ4v) is 3.71. The molecule has 0 radical (unpaired) electrons. The summed E-state index contributed by atoms with van der Waals surface area (Å²) >= 11 is 0. The molecule has 0 saturated carbocycles. The highest BCUT2D eigenvalue weighted by molar-refractivity contribution is 6.72. The molecule has 1 unspecified atom stereocenters. The van der Waals surface area contributed by atoms with Gasteiger partial charge in [0.25, 0.3) is 5.97 Å². The lowest BCUT2D eigenvalue weighted by atomic mass is 10.1. The van der Waals surface area contributed by atoms with Crippen LogP contribution < -0.4 is 0 Å². The lowest BCUT2D eigenvalue weighted by molar-refractivity contribution is -0.139. The van der Waals surface area contributed by atoms with Gasteiger partial charge in [0, 0.05) is 0 Å². The van der Waals surface area contributed by atoms with Crippen LogP contribution in [0.15, 0.2) is 0 Å². The molecule has 2 nitrogen and oxygen atoms in total. The van der Waals surface area contributed by atoms with E-state index >= 15 is 0 Å². The van der Waals surface area contributed by atoms with Crippen molar-refractivity contribution in [3.63, 3.8) is 0 Å². The summed E-state index contributed by atoms with van der Waals surface area (Å²) in [5.41, 5.74) is 0. The van der Waals surface area contributed by atoms with Gasteiger partial charge < -0.3 is 4.43 Å². The average molecular weight is 244 g/mol. The van der Waals surface area contributed by atoms with Crippen molar-refractivity contribution in [2.45, 2.75) is 72.0 Å². The lowest BCUT2D eigenvalue weighted by Gasteiger charge is -2.24. The molecule has 96 valence electrons. The Kier molecular flexibility index (Phi) is 7.72. The minimum absolute atomic E-state index is 0.0289. The third-order valence-electron chi connectivity index (χ3n) is 2.90. The molecule has 0 aliphatic heterocycles. The Balaban J connectivity index is 4.00. The first-order chi connectivity index (χ1) is 7.43. The van der Waals surface area contributed by atoms with Gasteiger partial charge in [-0.15, -0.1) is 0 Å². The second kappa shape index (κ2) is 7.88. The van der Waals surface area contributed by atoms with Crippen molar-refractivity contribution >= 4 is 14.3 Å². The summed E-state index contributed by atoms with van der Waals surface area (Å²) in [6, 6.07) is 1.09. The molecule has 0 aromatic heterocycles. The Morgan fingerprint density at radius 3 is 2.25 bits per heavy atom. The third-order valence-corrected chi connectivity index (χ3v) is 5.21. The SMILES string of the molecule is CCCCC(C)C(=O)O[Si](C)(C)CCCC. The van der Waals surface area contributed by atoms with Crippen molar-refractivity contribution in [3.05, 3.63) is 0 Å². The van der Waals surface area contributed by atoms with Gasteiger partial charge in [-0.2, -0.15) is 0 Å². The molecule has 0 fully saturated rings. The molecule has 3 heteroatoms. The van der Waals surface area contributed by atoms with Crippen LogP contribution in [0, 0.1) is 5.92 Å². The van der Waals surface area contributed by atoms with E-state index in [1.807, 2.05) is 6.92 Å². The molecule has 0 bridgehead atoms. The molecule has 0 aliphatic rings.